The largest absolute Gasteiger partial charge is 0.379 e. The third-order valence-electron chi connectivity index (χ3n) is 5.66. The van der Waals surface area contributed by atoms with Gasteiger partial charge in [0, 0.05) is 38.8 Å². The van der Waals surface area contributed by atoms with Crippen LogP contribution >= 0.6 is 0 Å². The first-order valence-corrected chi connectivity index (χ1v) is 9.54. The normalized spacial score (nSPS) is 22.6. The second-order valence-electron chi connectivity index (χ2n) is 7.41. The minimum atomic E-state index is -0.236. The van der Waals surface area contributed by atoms with E-state index in [-0.39, 0.29) is 17.9 Å². The van der Waals surface area contributed by atoms with Gasteiger partial charge in [0.05, 0.1) is 19.1 Å². The van der Waals surface area contributed by atoms with Gasteiger partial charge in [0.1, 0.15) is 0 Å². The van der Waals surface area contributed by atoms with Crippen molar-refractivity contribution in [1.29, 1.82) is 0 Å². The number of amides is 1. The summed E-state index contributed by atoms with van der Waals surface area (Å²) in [5.41, 5.74) is 7.36. The van der Waals surface area contributed by atoms with Gasteiger partial charge in [-0.15, -0.1) is 0 Å². The van der Waals surface area contributed by atoms with Crippen LogP contribution in [0, 0.1) is 11.8 Å². The molecule has 0 aliphatic carbocycles. The fraction of sp³-hybridized carbons (Fsp3) is 0.650. The van der Waals surface area contributed by atoms with Crippen LogP contribution in [0.5, 0.6) is 0 Å². The third kappa shape index (κ3) is 4.81. The van der Waals surface area contributed by atoms with Crippen LogP contribution in [0.4, 0.5) is 0 Å². The molecule has 0 radical (unpaired) electrons. The Morgan fingerprint density at radius 1 is 1.16 bits per heavy atom. The second-order valence-corrected chi connectivity index (χ2v) is 7.41. The molecule has 138 valence electrons. The number of benzene rings is 1. The molecular formula is C20H31N3O2. The molecule has 2 aliphatic heterocycles. The van der Waals surface area contributed by atoms with Gasteiger partial charge in [-0.3, -0.25) is 9.69 Å². The van der Waals surface area contributed by atoms with Crippen molar-refractivity contribution in [2.75, 3.05) is 45.9 Å². The maximum absolute atomic E-state index is 12.8. The molecule has 2 atom stereocenters. The van der Waals surface area contributed by atoms with Crippen molar-refractivity contribution in [3.8, 4) is 0 Å². The highest BCUT2D eigenvalue weighted by molar-refractivity contribution is 5.79. The molecule has 2 saturated heterocycles. The standard InChI is InChI=1S/C20H31N3O2/c1-16(19(21)18-5-3-2-4-6-18)20(24)23-9-7-17(8-10-23)15-22-11-13-25-14-12-22/h2-6,16-17,19H,7-15,21H2,1H3. The second kappa shape index (κ2) is 8.79. The number of nitrogens with two attached hydrogens (primary N) is 1. The van der Waals surface area contributed by atoms with Crippen LogP contribution < -0.4 is 5.73 Å². The van der Waals surface area contributed by atoms with Crippen molar-refractivity contribution < 1.29 is 9.53 Å². The van der Waals surface area contributed by atoms with Gasteiger partial charge in [-0.25, -0.2) is 0 Å². The summed E-state index contributed by atoms with van der Waals surface area (Å²) in [4.78, 5) is 17.3. The zero-order chi connectivity index (χ0) is 17.6. The summed E-state index contributed by atoms with van der Waals surface area (Å²) in [7, 11) is 0. The maximum atomic E-state index is 12.8. The van der Waals surface area contributed by atoms with Crippen LogP contribution in [-0.4, -0.2) is 61.6 Å². The number of hydrogen-bond donors (Lipinski definition) is 1. The summed E-state index contributed by atoms with van der Waals surface area (Å²) < 4.78 is 5.42. The topological polar surface area (TPSA) is 58.8 Å². The predicted molar refractivity (Wildman–Crippen MR) is 99.1 cm³/mol. The SMILES string of the molecule is CC(C(=O)N1CCC(CN2CCOCC2)CC1)C(N)c1ccccc1. The number of rotatable bonds is 5. The van der Waals surface area contributed by atoms with Crippen molar-refractivity contribution in [3.63, 3.8) is 0 Å². The number of nitrogens with zero attached hydrogens (tertiary/aromatic N) is 2. The van der Waals surface area contributed by atoms with E-state index in [1.54, 1.807) is 0 Å². The van der Waals surface area contributed by atoms with E-state index in [0.29, 0.717) is 5.92 Å². The minimum absolute atomic E-state index is 0.182. The summed E-state index contributed by atoms with van der Waals surface area (Å²) in [6.45, 7) is 8.62. The van der Waals surface area contributed by atoms with Crippen LogP contribution in [0.2, 0.25) is 0 Å². The van der Waals surface area contributed by atoms with Crippen LogP contribution in [0.3, 0.4) is 0 Å². The van der Waals surface area contributed by atoms with E-state index in [0.717, 1.165) is 64.3 Å². The van der Waals surface area contributed by atoms with Gasteiger partial charge in [-0.1, -0.05) is 37.3 Å². The van der Waals surface area contributed by atoms with E-state index < -0.39 is 0 Å². The lowest BCUT2D eigenvalue weighted by atomic mass is 9.91. The van der Waals surface area contributed by atoms with Gasteiger partial charge in [0.25, 0.3) is 0 Å². The minimum Gasteiger partial charge on any atom is -0.379 e. The molecule has 1 aromatic rings. The fourth-order valence-electron chi connectivity index (χ4n) is 3.89. The molecule has 2 unspecified atom stereocenters. The van der Waals surface area contributed by atoms with Crippen molar-refractivity contribution >= 4 is 5.91 Å². The molecule has 1 aromatic carbocycles. The predicted octanol–water partition coefficient (Wildman–Crippen LogP) is 1.89. The number of piperidine rings is 1. The van der Waals surface area contributed by atoms with Crippen molar-refractivity contribution in [2.24, 2.45) is 17.6 Å². The molecular weight excluding hydrogens is 314 g/mol. The molecule has 0 aromatic heterocycles. The summed E-state index contributed by atoms with van der Waals surface area (Å²) in [6, 6.07) is 9.70. The quantitative estimate of drug-likeness (QED) is 0.885. The zero-order valence-corrected chi connectivity index (χ0v) is 15.3. The van der Waals surface area contributed by atoms with Crippen LogP contribution in [0.15, 0.2) is 30.3 Å². The average Bonchev–Trinajstić information content (AvgIpc) is 2.68. The Morgan fingerprint density at radius 3 is 2.44 bits per heavy atom. The Labute approximate surface area is 151 Å². The van der Waals surface area contributed by atoms with Crippen LogP contribution in [0.25, 0.3) is 0 Å². The van der Waals surface area contributed by atoms with Crippen LogP contribution in [-0.2, 0) is 9.53 Å². The van der Waals surface area contributed by atoms with Gasteiger partial charge in [0.2, 0.25) is 5.91 Å². The van der Waals surface area contributed by atoms with Gasteiger partial charge in [-0.2, -0.15) is 0 Å². The van der Waals surface area contributed by atoms with Gasteiger partial charge in [-0.05, 0) is 24.3 Å². The first-order valence-electron chi connectivity index (χ1n) is 9.54. The first-order chi connectivity index (χ1) is 12.1. The van der Waals surface area contributed by atoms with Gasteiger partial charge >= 0.3 is 0 Å². The molecule has 2 heterocycles. The number of ether oxygens (including phenoxy) is 1. The molecule has 2 fully saturated rings. The fourth-order valence-corrected chi connectivity index (χ4v) is 3.89. The molecule has 5 heteroatoms. The first kappa shape index (κ1) is 18.4. The average molecular weight is 345 g/mol. The molecule has 1 amide bonds. The Bertz CT molecular complexity index is 537. The molecule has 2 aliphatic rings. The highest BCUT2D eigenvalue weighted by atomic mass is 16.5. The Hall–Kier alpha value is -1.43. The Balaban J connectivity index is 1.47. The molecule has 0 saturated carbocycles. The van der Waals surface area contributed by atoms with Crippen LogP contribution in [0.1, 0.15) is 31.4 Å². The Morgan fingerprint density at radius 2 is 1.80 bits per heavy atom. The van der Waals surface area contributed by atoms with E-state index >= 15 is 0 Å². The van der Waals surface area contributed by atoms with E-state index in [9.17, 15) is 4.79 Å². The molecule has 0 spiro atoms. The molecule has 0 bridgehead atoms. The van der Waals surface area contributed by atoms with Gasteiger partial charge in [0.15, 0.2) is 0 Å². The number of carbonyl (C=O) groups is 1. The van der Waals surface area contributed by atoms with Crippen molar-refractivity contribution in [2.45, 2.75) is 25.8 Å². The summed E-state index contributed by atoms with van der Waals surface area (Å²) in [5.74, 6) is 0.708. The highest BCUT2D eigenvalue weighted by Gasteiger charge is 2.30. The molecule has 3 rings (SSSR count). The third-order valence-corrected chi connectivity index (χ3v) is 5.66. The number of carbonyl (C=O) groups excluding carboxylic acids is 1. The van der Waals surface area contributed by atoms with Crippen molar-refractivity contribution in [1.82, 2.24) is 9.80 Å². The number of likely N-dealkylation sites (tertiary alicyclic amines) is 1. The van der Waals surface area contributed by atoms with E-state index in [1.165, 1.54) is 0 Å². The smallest absolute Gasteiger partial charge is 0.227 e. The lowest BCUT2D eigenvalue weighted by Crippen LogP contribution is -2.46. The van der Waals surface area contributed by atoms with E-state index in [1.807, 2.05) is 42.2 Å². The summed E-state index contributed by atoms with van der Waals surface area (Å²) in [5, 5.41) is 0. The summed E-state index contributed by atoms with van der Waals surface area (Å²) in [6.07, 6.45) is 2.19. The summed E-state index contributed by atoms with van der Waals surface area (Å²) >= 11 is 0. The maximum Gasteiger partial charge on any atom is 0.227 e. The van der Waals surface area contributed by atoms with Gasteiger partial charge < -0.3 is 15.4 Å². The zero-order valence-electron chi connectivity index (χ0n) is 15.3. The highest BCUT2D eigenvalue weighted by Crippen LogP contribution is 2.25. The van der Waals surface area contributed by atoms with Crippen molar-refractivity contribution in [3.05, 3.63) is 35.9 Å². The lowest BCUT2D eigenvalue weighted by molar-refractivity contribution is -0.137. The monoisotopic (exact) mass is 345 g/mol. The van der Waals surface area contributed by atoms with E-state index in [2.05, 4.69) is 4.90 Å². The molecule has 25 heavy (non-hydrogen) atoms. The Kier molecular flexibility index (Phi) is 6.45. The number of hydrogen-bond acceptors (Lipinski definition) is 4. The van der Waals surface area contributed by atoms with E-state index in [4.69, 9.17) is 10.5 Å². The number of morpholine rings is 1. The molecule has 5 nitrogen and oxygen atoms in total. The lowest BCUT2D eigenvalue weighted by Gasteiger charge is -2.37. The molecule has 2 N–H and O–H groups in total.